The van der Waals surface area contributed by atoms with Gasteiger partial charge in [-0.3, -0.25) is 14.4 Å². The van der Waals surface area contributed by atoms with Crippen molar-refractivity contribution in [2.24, 2.45) is 62.6 Å². The zero-order valence-electron chi connectivity index (χ0n) is 37.8. The van der Waals surface area contributed by atoms with Gasteiger partial charge in [0.2, 0.25) is 5.91 Å². The second-order valence-electron chi connectivity index (χ2n) is 22.1. The van der Waals surface area contributed by atoms with E-state index in [2.05, 4.69) is 64.8 Å². The Morgan fingerprint density at radius 3 is 2.22 bits per heavy atom. The summed E-state index contributed by atoms with van der Waals surface area (Å²) in [7, 11) is 0. The van der Waals surface area contributed by atoms with Gasteiger partial charge >= 0.3 is 5.97 Å². The number of nitrogens with one attached hydrogen (secondary N) is 2. The van der Waals surface area contributed by atoms with Crippen molar-refractivity contribution < 1.29 is 29.7 Å². The smallest absolute Gasteiger partial charge is 0.306 e. The van der Waals surface area contributed by atoms with Crippen molar-refractivity contribution >= 4 is 17.8 Å². The van der Waals surface area contributed by atoms with Crippen LogP contribution in [-0.4, -0.2) is 51.4 Å². The second-order valence-corrected chi connectivity index (χ2v) is 22.1. The Kier molecular flexibility index (Phi) is 12.1. The highest BCUT2D eigenvalue weighted by Crippen LogP contribution is 2.77. The third-order valence-corrected chi connectivity index (χ3v) is 18.2. The Labute approximate surface area is 359 Å². The molecule has 8 nitrogen and oxygen atoms in total. The molecule has 2 amide bonds. The Morgan fingerprint density at radius 1 is 0.833 bits per heavy atom. The number of allylic oxidation sites excluding steroid dienone is 1. The van der Waals surface area contributed by atoms with E-state index < -0.39 is 30.0 Å². The van der Waals surface area contributed by atoms with Crippen LogP contribution in [0.2, 0.25) is 0 Å². The number of rotatable bonds is 12. The number of aliphatic hydroxyl groups excluding tert-OH is 2. The van der Waals surface area contributed by atoms with E-state index in [0.717, 1.165) is 61.6 Å². The highest BCUT2D eigenvalue weighted by atomic mass is 16.4. The summed E-state index contributed by atoms with van der Waals surface area (Å²) in [5.74, 6) is 1.07. The maximum Gasteiger partial charge on any atom is 0.306 e. The summed E-state index contributed by atoms with van der Waals surface area (Å²) in [4.78, 5) is 39.6. The minimum Gasteiger partial charge on any atom is -0.481 e. The maximum atomic E-state index is 14.9. The van der Waals surface area contributed by atoms with Crippen molar-refractivity contribution in [2.75, 3.05) is 0 Å². The van der Waals surface area contributed by atoms with Crippen LogP contribution in [0.25, 0.3) is 11.1 Å². The fourth-order valence-corrected chi connectivity index (χ4v) is 15.0. The molecule has 0 bridgehead atoms. The molecular formula is C52H74N2O6. The van der Waals surface area contributed by atoms with E-state index in [1.807, 2.05) is 50.2 Å². The van der Waals surface area contributed by atoms with E-state index in [1.54, 1.807) is 6.07 Å². The summed E-state index contributed by atoms with van der Waals surface area (Å²) in [6.07, 6.45) is 9.21. The molecule has 2 aromatic rings. The lowest BCUT2D eigenvalue weighted by molar-refractivity contribution is -0.246. The fourth-order valence-electron chi connectivity index (χ4n) is 15.0. The average molecular weight is 823 g/mol. The van der Waals surface area contributed by atoms with Crippen molar-refractivity contribution in [1.29, 1.82) is 0 Å². The number of hydrogen-bond acceptors (Lipinski definition) is 5. The summed E-state index contributed by atoms with van der Waals surface area (Å²) in [6.45, 7) is 23.6. The van der Waals surface area contributed by atoms with Crippen LogP contribution in [0.1, 0.15) is 148 Å². The van der Waals surface area contributed by atoms with Crippen LogP contribution in [0.3, 0.4) is 0 Å². The van der Waals surface area contributed by atoms with Gasteiger partial charge in [-0.25, -0.2) is 0 Å². The molecule has 328 valence electrons. The molecule has 4 unspecified atom stereocenters. The van der Waals surface area contributed by atoms with Crippen molar-refractivity contribution in [3.05, 3.63) is 71.8 Å². The lowest BCUT2D eigenvalue weighted by Gasteiger charge is -2.72. The van der Waals surface area contributed by atoms with E-state index in [4.69, 9.17) is 0 Å². The van der Waals surface area contributed by atoms with E-state index in [1.165, 1.54) is 24.8 Å². The molecule has 12 atom stereocenters. The molecule has 2 aromatic carbocycles. The third-order valence-electron chi connectivity index (χ3n) is 18.2. The van der Waals surface area contributed by atoms with Crippen LogP contribution in [0.15, 0.2) is 60.7 Å². The molecule has 0 aliphatic heterocycles. The van der Waals surface area contributed by atoms with Gasteiger partial charge in [-0.05, 0) is 170 Å². The van der Waals surface area contributed by atoms with Gasteiger partial charge in [-0.15, -0.1) is 0 Å². The molecule has 0 spiro atoms. The van der Waals surface area contributed by atoms with Gasteiger partial charge in [0.1, 0.15) is 0 Å². The molecule has 5 saturated carbocycles. The number of hydrogen-bond donors (Lipinski definition) is 5. The topological polar surface area (TPSA) is 136 Å². The maximum absolute atomic E-state index is 14.9. The summed E-state index contributed by atoms with van der Waals surface area (Å²) < 4.78 is 0. The van der Waals surface area contributed by atoms with Crippen molar-refractivity contribution in [3.8, 4) is 11.1 Å². The molecule has 0 aromatic heterocycles. The number of aliphatic hydroxyl groups is 2. The predicted octanol–water partition coefficient (Wildman–Crippen LogP) is 9.97. The molecule has 5 fully saturated rings. The third kappa shape index (κ3) is 7.47. The number of carbonyl (C=O) groups excluding carboxylic acids is 2. The predicted molar refractivity (Wildman–Crippen MR) is 238 cm³/mol. The molecule has 60 heavy (non-hydrogen) atoms. The van der Waals surface area contributed by atoms with Crippen LogP contribution in [-0.2, 0) is 16.1 Å². The van der Waals surface area contributed by atoms with E-state index in [0.29, 0.717) is 42.2 Å². The number of benzene rings is 2. The van der Waals surface area contributed by atoms with Crippen molar-refractivity contribution in [1.82, 2.24) is 10.6 Å². The zero-order chi connectivity index (χ0) is 43.6. The monoisotopic (exact) mass is 823 g/mol. The van der Waals surface area contributed by atoms with Gasteiger partial charge in [0.25, 0.3) is 5.91 Å². The van der Waals surface area contributed by atoms with Gasteiger partial charge < -0.3 is 26.0 Å². The van der Waals surface area contributed by atoms with Crippen LogP contribution < -0.4 is 10.6 Å². The van der Waals surface area contributed by atoms with Crippen LogP contribution in [0, 0.1) is 62.6 Å². The van der Waals surface area contributed by atoms with Gasteiger partial charge in [-0.2, -0.15) is 0 Å². The molecule has 0 heterocycles. The van der Waals surface area contributed by atoms with Gasteiger partial charge in [0, 0.05) is 12.1 Å². The highest BCUT2D eigenvalue weighted by molar-refractivity contribution is 5.95. The Morgan fingerprint density at radius 2 is 1.53 bits per heavy atom. The lowest BCUT2D eigenvalue weighted by Crippen LogP contribution is -2.67. The standard InChI is InChI=1S/C52H74N2O6/c1-31(2)26-39(40(55)29-44(57)58)54-46(59)36-15-11-14-35(28-36)34-13-10-12-33(27-34)30-53-47(60)52-23-18-37(32(3)4)45(52)38-16-17-42-49(7)21-20-43(56)48(5,6)41(49)19-22-51(42,9)50(38,8)24-25-52/h10-15,27-28,31,37-43,45,55-56H,3,16-26,29-30H2,1-2,4-9H3,(H,53,60)(H,54,59)(H,57,58)/t37-,38?,39-,40-,41?,42?,43-,45?,49-,50+,51+,52-/m0/s1. The first kappa shape index (κ1) is 44.6. The van der Waals surface area contributed by atoms with Crippen molar-refractivity contribution in [2.45, 2.75) is 157 Å². The first-order valence-electron chi connectivity index (χ1n) is 23.2. The minimum absolute atomic E-state index is 0.0730. The Balaban J connectivity index is 1.08. The van der Waals surface area contributed by atoms with Crippen LogP contribution in [0.5, 0.6) is 0 Å². The molecule has 5 aliphatic rings. The number of aliphatic carboxylic acids is 1. The molecule has 0 saturated heterocycles. The molecule has 0 radical (unpaired) electrons. The van der Waals surface area contributed by atoms with Crippen LogP contribution in [0.4, 0.5) is 0 Å². The quantitative estimate of drug-likeness (QED) is 0.135. The minimum atomic E-state index is -1.19. The molecule has 8 heteroatoms. The van der Waals surface area contributed by atoms with Gasteiger partial charge in [0.15, 0.2) is 0 Å². The molecule has 5 aliphatic carbocycles. The summed E-state index contributed by atoms with van der Waals surface area (Å²) >= 11 is 0. The summed E-state index contributed by atoms with van der Waals surface area (Å²) in [6, 6.07) is 14.8. The number of amides is 2. The zero-order valence-corrected chi connectivity index (χ0v) is 37.8. The summed E-state index contributed by atoms with van der Waals surface area (Å²) in [5.41, 5.74) is 4.46. The number of carbonyl (C=O) groups is 3. The molecular weight excluding hydrogens is 749 g/mol. The average Bonchev–Trinajstić information content (AvgIpc) is 3.60. The van der Waals surface area contributed by atoms with E-state index in [-0.39, 0.29) is 51.4 Å². The lowest BCUT2D eigenvalue weighted by atomic mass is 9.32. The first-order valence-corrected chi connectivity index (χ1v) is 23.2. The first-order chi connectivity index (χ1) is 28.2. The largest absolute Gasteiger partial charge is 0.481 e. The SMILES string of the molecule is C=C(C)[C@@H]1CC[C@]2(C(=O)NCc3cccc(-c4cccc(C(=O)N[C@@H](CC(C)C)[C@@H](O)CC(=O)O)c4)c3)CC[C@]3(C)C(CCC4[C@@]5(C)CC[C@H](O)C(C)(C)C5CC[C@]43C)C12. The van der Waals surface area contributed by atoms with Gasteiger partial charge in [0.05, 0.1) is 30.1 Å². The van der Waals surface area contributed by atoms with E-state index >= 15 is 0 Å². The normalized spacial score (nSPS) is 36.5. The molecule has 7 rings (SSSR count). The second kappa shape index (κ2) is 16.3. The van der Waals surface area contributed by atoms with Crippen LogP contribution >= 0.6 is 0 Å². The molecule has 5 N–H and O–H groups in total. The van der Waals surface area contributed by atoms with E-state index in [9.17, 15) is 29.7 Å². The Bertz CT molecular complexity index is 1970. The Hall–Kier alpha value is -3.49. The van der Waals surface area contributed by atoms with Gasteiger partial charge in [-0.1, -0.05) is 91.0 Å². The number of carboxylic acids is 1. The highest BCUT2D eigenvalue weighted by Gasteiger charge is 2.71. The fraction of sp³-hybridized carbons (Fsp3) is 0.673. The number of fused-ring (bicyclic) bond motifs is 7. The number of carboxylic acid groups (broad SMARTS) is 1. The van der Waals surface area contributed by atoms with Crippen molar-refractivity contribution in [3.63, 3.8) is 0 Å². The summed E-state index contributed by atoms with van der Waals surface area (Å²) in [5, 5.41) is 37.4.